The maximum atomic E-state index is 11.0. The van der Waals surface area contributed by atoms with E-state index in [0.717, 1.165) is 11.9 Å². The van der Waals surface area contributed by atoms with Gasteiger partial charge in [0, 0.05) is 0 Å². The summed E-state index contributed by atoms with van der Waals surface area (Å²) >= 11 is 0. The standard InChI is InChI=1S/C15H19N3O2/c1-10-5-3-2-4-6-13(10)18-14-8-7-11(15(19)20)9-12(14)16-17-18/h7-10,13H,2-6H2,1H3,(H,19,20). The maximum Gasteiger partial charge on any atom is 0.335 e. The minimum absolute atomic E-state index is 0.262. The number of benzene rings is 1. The van der Waals surface area contributed by atoms with Crippen LogP contribution in [0.4, 0.5) is 0 Å². The third kappa shape index (κ3) is 2.28. The molecule has 1 aliphatic rings. The summed E-state index contributed by atoms with van der Waals surface area (Å²) in [4.78, 5) is 11.0. The van der Waals surface area contributed by atoms with Crippen LogP contribution in [0.25, 0.3) is 11.0 Å². The molecule has 0 saturated heterocycles. The molecule has 0 aliphatic heterocycles. The Morgan fingerprint density at radius 3 is 2.90 bits per heavy atom. The third-order valence-electron chi connectivity index (χ3n) is 4.35. The van der Waals surface area contributed by atoms with Gasteiger partial charge in [-0.25, -0.2) is 9.48 Å². The summed E-state index contributed by atoms with van der Waals surface area (Å²) in [6.07, 6.45) is 6.15. The lowest BCUT2D eigenvalue weighted by molar-refractivity contribution is 0.0697. The van der Waals surface area contributed by atoms with Crippen LogP contribution in [-0.4, -0.2) is 26.1 Å². The highest BCUT2D eigenvalue weighted by Crippen LogP contribution is 2.33. The van der Waals surface area contributed by atoms with Crippen molar-refractivity contribution in [3.63, 3.8) is 0 Å². The minimum Gasteiger partial charge on any atom is -0.478 e. The maximum absolute atomic E-state index is 11.0. The molecular formula is C15H19N3O2. The average molecular weight is 273 g/mol. The number of hydrogen-bond acceptors (Lipinski definition) is 3. The molecule has 1 N–H and O–H groups in total. The normalized spacial score (nSPS) is 23.6. The smallest absolute Gasteiger partial charge is 0.335 e. The number of aromatic nitrogens is 3. The Morgan fingerprint density at radius 1 is 1.30 bits per heavy atom. The summed E-state index contributed by atoms with van der Waals surface area (Å²) in [6, 6.07) is 5.43. The van der Waals surface area contributed by atoms with Crippen molar-refractivity contribution in [1.82, 2.24) is 15.0 Å². The largest absolute Gasteiger partial charge is 0.478 e. The number of carboxylic acid groups (broad SMARTS) is 1. The van der Waals surface area contributed by atoms with Crippen molar-refractivity contribution in [1.29, 1.82) is 0 Å². The van der Waals surface area contributed by atoms with Crippen LogP contribution in [0.1, 0.15) is 55.4 Å². The van der Waals surface area contributed by atoms with E-state index in [-0.39, 0.29) is 5.56 Å². The van der Waals surface area contributed by atoms with E-state index >= 15 is 0 Å². The molecule has 2 unspecified atom stereocenters. The Morgan fingerprint density at radius 2 is 2.10 bits per heavy atom. The molecular weight excluding hydrogens is 254 g/mol. The number of fused-ring (bicyclic) bond motifs is 1. The Labute approximate surface area is 117 Å². The van der Waals surface area contributed by atoms with Crippen molar-refractivity contribution in [2.75, 3.05) is 0 Å². The topological polar surface area (TPSA) is 68.0 Å². The van der Waals surface area contributed by atoms with E-state index in [4.69, 9.17) is 5.11 Å². The molecule has 2 atom stereocenters. The number of hydrogen-bond donors (Lipinski definition) is 1. The molecule has 1 aliphatic carbocycles. The zero-order valence-corrected chi connectivity index (χ0v) is 11.6. The molecule has 2 aromatic rings. The fourth-order valence-corrected chi connectivity index (χ4v) is 3.16. The van der Waals surface area contributed by atoms with Crippen molar-refractivity contribution in [2.45, 2.75) is 45.1 Å². The summed E-state index contributed by atoms with van der Waals surface area (Å²) in [5, 5.41) is 17.5. The number of rotatable bonds is 2. The van der Waals surface area contributed by atoms with Crippen molar-refractivity contribution in [3.8, 4) is 0 Å². The molecule has 5 nitrogen and oxygen atoms in total. The van der Waals surface area contributed by atoms with E-state index in [1.807, 2.05) is 10.7 Å². The second kappa shape index (κ2) is 5.23. The van der Waals surface area contributed by atoms with Gasteiger partial charge in [0.2, 0.25) is 0 Å². The second-order valence-electron chi connectivity index (χ2n) is 5.73. The van der Waals surface area contributed by atoms with E-state index in [2.05, 4.69) is 17.2 Å². The molecule has 1 heterocycles. The molecule has 1 aromatic heterocycles. The van der Waals surface area contributed by atoms with Crippen LogP contribution in [0, 0.1) is 5.92 Å². The Hall–Kier alpha value is -1.91. The average Bonchev–Trinajstić information content (AvgIpc) is 2.73. The van der Waals surface area contributed by atoms with E-state index in [9.17, 15) is 4.79 Å². The first-order chi connectivity index (χ1) is 9.66. The van der Waals surface area contributed by atoms with E-state index in [0.29, 0.717) is 17.5 Å². The van der Waals surface area contributed by atoms with Gasteiger partial charge in [0.25, 0.3) is 0 Å². The highest BCUT2D eigenvalue weighted by Gasteiger charge is 2.24. The van der Waals surface area contributed by atoms with Crippen LogP contribution in [0.3, 0.4) is 0 Å². The van der Waals surface area contributed by atoms with Crippen molar-refractivity contribution < 1.29 is 9.90 Å². The number of nitrogens with zero attached hydrogens (tertiary/aromatic N) is 3. The molecule has 0 spiro atoms. The van der Waals surface area contributed by atoms with Crippen LogP contribution < -0.4 is 0 Å². The molecule has 1 saturated carbocycles. The van der Waals surface area contributed by atoms with Gasteiger partial charge in [0.05, 0.1) is 17.1 Å². The molecule has 0 amide bonds. The SMILES string of the molecule is CC1CCCCCC1n1nnc2cc(C(=O)O)ccc21. The van der Waals surface area contributed by atoms with Gasteiger partial charge in [-0.3, -0.25) is 0 Å². The molecule has 106 valence electrons. The monoisotopic (exact) mass is 273 g/mol. The van der Waals surface area contributed by atoms with E-state index in [1.54, 1.807) is 12.1 Å². The van der Waals surface area contributed by atoms with Crippen LogP contribution >= 0.6 is 0 Å². The van der Waals surface area contributed by atoms with Crippen LogP contribution in [0.5, 0.6) is 0 Å². The molecule has 3 rings (SSSR count). The summed E-state index contributed by atoms with van der Waals surface area (Å²) in [5.41, 5.74) is 1.87. The Bertz CT molecular complexity index is 635. The van der Waals surface area contributed by atoms with Crippen LogP contribution in [0.2, 0.25) is 0 Å². The summed E-state index contributed by atoms with van der Waals surface area (Å²) in [6.45, 7) is 2.27. The van der Waals surface area contributed by atoms with Gasteiger partial charge < -0.3 is 5.11 Å². The van der Waals surface area contributed by atoms with E-state index < -0.39 is 5.97 Å². The molecule has 5 heteroatoms. The summed E-state index contributed by atoms with van der Waals surface area (Å²) in [5.74, 6) is -0.342. The lowest BCUT2D eigenvalue weighted by Crippen LogP contribution is -2.17. The van der Waals surface area contributed by atoms with Crippen molar-refractivity contribution in [2.24, 2.45) is 5.92 Å². The highest BCUT2D eigenvalue weighted by atomic mass is 16.4. The van der Waals surface area contributed by atoms with Gasteiger partial charge in [-0.05, 0) is 37.0 Å². The van der Waals surface area contributed by atoms with Crippen LogP contribution in [0.15, 0.2) is 18.2 Å². The van der Waals surface area contributed by atoms with E-state index in [1.165, 1.54) is 25.7 Å². The predicted molar refractivity (Wildman–Crippen MR) is 75.8 cm³/mol. The molecule has 0 radical (unpaired) electrons. The van der Waals surface area contributed by atoms with Crippen molar-refractivity contribution >= 4 is 17.0 Å². The molecule has 0 bridgehead atoms. The van der Waals surface area contributed by atoms with Gasteiger partial charge in [-0.2, -0.15) is 0 Å². The van der Waals surface area contributed by atoms with Gasteiger partial charge in [0.1, 0.15) is 5.52 Å². The lowest BCUT2D eigenvalue weighted by Gasteiger charge is -2.21. The van der Waals surface area contributed by atoms with Gasteiger partial charge in [0.15, 0.2) is 0 Å². The lowest BCUT2D eigenvalue weighted by atomic mass is 9.97. The Kier molecular flexibility index (Phi) is 3.42. The predicted octanol–water partition coefficient (Wildman–Crippen LogP) is 3.27. The minimum atomic E-state index is -0.927. The first-order valence-electron chi connectivity index (χ1n) is 7.25. The zero-order chi connectivity index (χ0) is 14.1. The number of carbonyl (C=O) groups is 1. The zero-order valence-electron chi connectivity index (χ0n) is 11.6. The molecule has 1 aromatic carbocycles. The molecule has 1 fully saturated rings. The van der Waals surface area contributed by atoms with Crippen LogP contribution in [-0.2, 0) is 0 Å². The fourth-order valence-electron chi connectivity index (χ4n) is 3.16. The van der Waals surface area contributed by atoms with Gasteiger partial charge in [-0.15, -0.1) is 5.10 Å². The quantitative estimate of drug-likeness (QED) is 0.853. The first kappa shape index (κ1) is 13.1. The fraction of sp³-hybridized carbons (Fsp3) is 0.533. The van der Waals surface area contributed by atoms with Crippen molar-refractivity contribution in [3.05, 3.63) is 23.8 Å². The number of carboxylic acids is 1. The second-order valence-corrected chi connectivity index (χ2v) is 5.73. The molecule has 20 heavy (non-hydrogen) atoms. The summed E-state index contributed by atoms with van der Waals surface area (Å²) in [7, 11) is 0. The summed E-state index contributed by atoms with van der Waals surface area (Å²) < 4.78 is 2.00. The third-order valence-corrected chi connectivity index (χ3v) is 4.35. The first-order valence-corrected chi connectivity index (χ1v) is 7.25. The van der Waals surface area contributed by atoms with Gasteiger partial charge >= 0.3 is 5.97 Å². The van der Waals surface area contributed by atoms with Gasteiger partial charge in [-0.1, -0.05) is 31.4 Å². The highest BCUT2D eigenvalue weighted by molar-refractivity contribution is 5.92. The Balaban J connectivity index is 2.01. The number of aromatic carboxylic acids is 1.